The second-order valence-corrected chi connectivity index (χ2v) is 19.2. The van der Waals surface area contributed by atoms with E-state index in [1.165, 1.54) is 25.7 Å². The normalized spacial score (nSPS) is 14.7. The Bertz CT molecular complexity index is 1520. The quantitative estimate of drug-likeness (QED) is 0.0214. The molecule has 0 aromatic rings. The van der Waals surface area contributed by atoms with Gasteiger partial charge in [-0.3, -0.25) is 13.8 Å². The lowest BCUT2D eigenvalue weighted by Crippen LogP contribution is -2.37. The summed E-state index contributed by atoms with van der Waals surface area (Å²) in [4.78, 5) is 23.0. The summed E-state index contributed by atoms with van der Waals surface area (Å²) in [7, 11) is 1.61. The number of esters is 1. The fourth-order valence-corrected chi connectivity index (χ4v) is 7.03. The predicted octanol–water partition coefficient (Wildman–Crippen LogP) is 16.3. The summed E-state index contributed by atoms with van der Waals surface area (Å²) < 4.78 is 35.1. The van der Waals surface area contributed by atoms with E-state index in [1.807, 2.05) is 21.1 Å². The van der Waals surface area contributed by atoms with E-state index in [4.69, 9.17) is 18.5 Å². The SMILES string of the molecule is CC/C=C\C/C=C\C/C=C\C/C=C\C/C=C\C/C=C\C/C=C\CCCCCC(=O)OC(COCCCCCCCCC/C=C\C/C=C\C/C=C\C/C=C\CC)COP(=O)(O)OCC[N+](C)(C)C. The zero-order valence-electron chi connectivity index (χ0n) is 43.1. The molecule has 9 heteroatoms. The van der Waals surface area contributed by atoms with Crippen LogP contribution in [-0.4, -0.2) is 75.6 Å². The summed E-state index contributed by atoms with van der Waals surface area (Å²) in [5.41, 5.74) is 0. The van der Waals surface area contributed by atoms with Crippen molar-refractivity contribution in [1.29, 1.82) is 0 Å². The van der Waals surface area contributed by atoms with Gasteiger partial charge in [-0.25, -0.2) is 4.57 Å². The van der Waals surface area contributed by atoms with Crippen molar-refractivity contribution in [2.45, 2.75) is 174 Å². The molecule has 0 aromatic heterocycles. The first kappa shape index (κ1) is 63.6. The molecule has 67 heavy (non-hydrogen) atoms. The van der Waals surface area contributed by atoms with Crippen LogP contribution in [0.3, 0.4) is 0 Å². The highest BCUT2D eigenvalue weighted by atomic mass is 31.2. The molecule has 2 unspecified atom stereocenters. The first-order valence-corrected chi connectivity index (χ1v) is 27.4. The Labute approximate surface area is 411 Å². The molecule has 0 fully saturated rings. The molecule has 0 aliphatic carbocycles. The monoisotopic (exact) mass is 951 g/mol. The van der Waals surface area contributed by atoms with E-state index in [1.54, 1.807) is 0 Å². The Morgan fingerprint density at radius 2 is 0.821 bits per heavy atom. The topological polar surface area (TPSA) is 91.3 Å². The highest BCUT2D eigenvalue weighted by molar-refractivity contribution is 7.47. The summed E-state index contributed by atoms with van der Waals surface area (Å²) >= 11 is 0. The fraction of sp³-hybridized carbons (Fsp3) is 0.603. The van der Waals surface area contributed by atoms with E-state index in [0.29, 0.717) is 24.1 Å². The number of phosphoric acid groups is 1. The molecule has 0 saturated heterocycles. The van der Waals surface area contributed by atoms with E-state index in [9.17, 15) is 14.3 Å². The number of phosphoric ester groups is 1. The molecule has 0 aliphatic rings. The van der Waals surface area contributed by atoms with Gasteiger partial charge in [0.05, 0.1) is 34.4 Å². The van der Waals surface area contributed by atoms with Crippen molar-refractivity contribution < 1.29 is 37.3 Å². The van der Waals surface area contributed by atoms with Crippen LogP contribution in [0.15, 0.2) is 134 Å². The van der Waals surface area contributed by atoms with Gasteiger partial charge in [-0.1, -0.05) is 186 Å². The number of unbranched alkanes of at least 4 members (excludes halogenated alkanes) is 10. The number of allylic oxidation sites excluding steroid dienone is 22. The Morgan fingerprint density at radius 3 is 1.22 bits per heavy atom. The molecule has 0 rings (SSSR count). The van der Waals surface area contributed by atoms with Gasteiger partial charge >= 0.3 is 13.8 Å². The first-order valence-electron chi connectivity index (χ1n) is 25.9. The number of carbonyl (C=O) groups excluding carboxylic acids is 1. The minimum absolute atomic E-state index is 0.0707. The van der Waals surface area contributed by atoms with Gasteiger partial charge in [-0.2, -0.15) is 0 Å². The van der Waals surface area contributed by atoms with E-state index in [0.717, 1.165) is 116 Å². The largest absolute Gasteiger partial charge is 0.472 e. The Morgan fingerprint density at radius 1 is 0.463 bits per heavy atom. The number of rotatable bonds is 46. The number of likely N-dealkylation sites (N-methyl/N-ethyl adjacent to an activating group) is 1. The highest BCUT2D eigenvalue weighted by Crippen LogP contribution is 2.43. The number of hydrogen-bond acceptors (Lipinski definition) is 6. The van der Waals surface area contributed by atoms with Gasteiger partial charge in [0.2, 0.25) is 0 Å². The highest BCUT2D eigenvalue weighted by Gasteiger charge is 2.26. The third-order valence-electron chi connectivity index (χ3n) is 10.2. The van der Waals surface area contributed by atoms with Crippen LogP contribution < -0.4 is 0 Å². The first-order chi connectivity index (χ1) is 32.6. The summed E-state index contributed by atoms with van der Waals surface area (Å²) in [6, 6.07) is 0. The molecule has 0 aromatic carbocycles. The fourth-order valence-electron chi connectivity index (χ4n) is 6.29. The standard InChI is InChI=1S/C58H96NO7P/c1-6-8-10-12-14-16-18-20-22-24-26-28-29-30-31-32-33-35-37-39-41-43-45-47-49-51-58(60)66-57(56-65-67(61,62)64-54-52-59(3,4)5)55-63-53-50-48-46-44-42-40-38-36-34-27-25-23-21-19-17-15-13-11-9-7-2/h8-11,14-17,20-23,26-28,30-31,33-35,39,41,57H,6-7,12-13,18-19,24-25,29,32,36-38,40,42-56H2,1-5H3/p+1/b10-8-,11-9-,16-14-,17-15-,22-20-,23-21-,28-26-,31-30-,34-27-,35-33-,41-39-. The number of ether oxygens (including phenoxy) is 2. The molecule has 0 aliphatic heterocycles. The third kappa shape index (κ3) is 53.5. The lowest BCUT2D eigenvalue weighted by atomic mass is 10.1. The smallest absolute Gasteiger partial charge is 0.457 e. The molecule has 0 heterocycles. The second kappa shape index (κ2) is 49.1. The van der Waals surface area contributed by atoms with Crippen molar-refractivity contribution in [2.75, 3.05) is 54.1 Å². The summed E-state index contributed by atoms with van der Waals surface area (Å²) in [5, 5.41) is 0. The minimum Gasteiger partial charge on any atom is -0.457 e. The molecule has 2 atom stereocenters. The average molecular weight is 951 g/mol. The molecule has 0 amide bonds. The van der Waals surface area contributed by atoms with Crippen LogP contribution in [0.5, 0.6) is 0 Å². The summed E-state index contributed by atoms with van der Waals surface area (Å²) in [6.45, 7) is 5.29. The Hall–Kier alpha value is -3.36. The Balaban J connectivity index is 4.29. The molecule has 1 N–H and O–H groups in total. The van der Waals surface area contributed by atoms with E-state index < -0.39 is 13.9 Å². The molecule has 0 radical (unpaired) electrons. The molecule has 0 saturated carbocycles. The van der Waals surface area contributed by atoms with Gasteiger partial charge in [-0.15, -0.1) is 0 Å². The van der Waals surface area contributed by atoms with Gasteiger partial charge in [0, 0.05) is 13.0 Å². The van der Waals surface area contributed by atoms with Gasteiger partial charge < -0.3 is 18.9 Å². The van der Waals surface area contributed by atoms with E-state index in [-0.39, 0.29) is 32.2 Å². The number of carbonyl (C=O) groups is 1. The maximum atomic E-state index is 12.8. The maximum Gasteiger partial charge on any atom is 0.472 e. The van der Waals surface area contributed by atoms with Crippen molar-refractivity contribution in [3.05, 3.63) is 134 Å². The van der Waals surface area contributed by atoms with Gasteiger partial charge in [0.1, 0.15) is 19.3 Å². The van der Waals surface area contributed by atoms with Crippen LogP contribution in [0.1, 0.15) is 168 Å². The van der Waals surface area contributed by atoms with Crippen molar-refractivity contribution in [3.63, 3.8) is 0 Å². The van der Waals surface area contributed by atoms with E-state index in [2.05, 4.69) is 148 Å². The molecular formula is C58H97NO7P+. The maximum absolute atomic E-state index is 12.8. The molecule has 0 spiro atoms. The van der Waals surface area contributed by atoms with Gasteiger partial charge in [0.15, 0.2) is 0 Å². The van der Waals surface area contributed by atoms with Crippen LogP contribution >= 0.6 is 7.82 Å². The lowest BCUT2D eigenvalue weighted by Gasteiger charge is -2.24. The number of hydrogen-bond donors (Lipinski definition) is 1. The minimum atomic E-state index is -4.31. The zero-order chi connectivity index (χ0) is 49.0. The third-order valence-corrected chi connectivity index (χ3v) is 11.2. The molecular weight excluding hydrogens is 854 g/mol. The lowest BCUT2D eigenvalue weighted by molar-refractivity contribution is -0.870. The van der Waals surface area contributed by atoms with Crippen LogP contribution in [0.25, 0.3) is 0 Å². The van der Waals surface area contributed by atoms with Crippen LogP contribution in [0, 0.1) is 0 Å². The van der Waals surface area contributed by atoms with Crippen molar-refractivity contribution in [1.82, 2.24) is 0 Å². The van der Waals surface area contributed by atoms with Crippen LogP contribution in [0.4, 0.5) is 0 Å². The van der Waals surface area contributed by atoms with Crippen molar-refractivity contribution in [3.8, 4) is 0 Å². The zero-order valence-corrected chi connectivity index (χ0v) is 44.0. The van der Waals surface area contributed by atoms with Gasteiger partial charge in [-0.05, 0) is 109 Å². The molecule has 380 valence electrons. The molecule has 0 bridgehead atoms. The van der Waals surface area contributed by atoms with Gasteiger partial charge in [0.25, 0.3) is 0 Å². The van der Waals surface area contributed by atoms with E-state index >= 15 is 0 Å². The van der Waals surface area contributed by atoms with Crippen LogP contribution in [0.2, 0.25) is 0 Å². The average Bonchev–Trinajstić information content (AvgIpc) is 3.29. The molecule has 8 nitrogen and oxygen atoms in total. The number of quaternary nitrogens is 1. The van der Waals surface area contributed by atoms with Crippen LogP contribution in [-0.2, 0) is 27.9 Å². The predicted molar refractivity (Wildman–Crippen MR) is 288 cm³/mol. The summed E-state index contributed by atoms with van der Waals surface area (Å²) in [6.07, 6.45) is 72.1. The van der Waals surface area contributed by atoms with Crippen molar-refractivity contribution in [2.24, 2.45) is 0 Å². The number of nitrogens with zero attached hydrogens (tertiary/aromatic N) is 1. The van der Waals surface area contributed by atoms with Crippen molar-refractivity contribution >= 4 is 13.8 Å². The second-order valence-electron chi connectivity index (χ2n) is 17.8. The summed E-state index contributed by atoms with van der Waals surface area (Å²) in [5.74, 6) is -0.355. The Kier molecular flexibility index (Phi) is 46.6.